The molecule has 0 saturated carbocycles. The van der Waals surface area contributed by atoms with Gasteiger partial charge in [0, 0.05) is 13.0 Å². The Kier molecular flexibility index (Phi) is 3.73. The number of hydrogen-bond donors (Lipinski definition) is 2. The van der Waals surface area contributed by atoms with Crippen molar-refractivity contribution in [3.8, 4) is 5.75 Å². The van der Waals surface area contributed by atoms with E-state index in [4.69, 9.17) is 4.74 Å². The van der Waals surface area contributed by atoms with Crippen LogP contribution < -0.4 is 0 Å². The van der Waals surface area contributed by atoms with Crippen LogP contribution in [0.25, 0.3) is 0 Å². The van der Waals surface area contributed by atoms with Crippen molar-refractivity contribution in [1.29, 1.82) is 0 Å². The summed E-state index contributed by atoms with van der Waals surface area (Å²) in [7, 11) is 0. The molecule has 0 heterocycles. The first kappa shape index (κ1) is 10.0. The Labute approximate surface area is 77.6 Å². The molecule has 0 aliphatic heterocycles. The van der Waals surface area contributed by atoms with Crippen molar-refractivity contribution in [2.75, 3.05) is 6.61 Å². The first-order chi connectivity index (χ1) is 6.24. The van der Waals surface area contributed by atoms with Crippen molar-refractivity contribution in [3.63, 3.8) is 0 Å². The van der Waals surface area contributed by atoms with Gasteiger partial charge in [-0.05, 0) is 18.6 Å². The van der Waals surface area contributed by atoms with E-state index in [9.17, 15) is 10.2 Å². The fraction of sp³-hybridized carbons (Fsp3) is 0.400. The Morgan fingerprint density at radius 3 is 2.69 bits per heavy atom. The molecule has 1 aromatic carbocycles. The molecule has 3 heteroatoms. The summed E-state index contributed by atoms with van der Waals surface area (Å²) in [6.45, 7) is 2.28. The molecule has 0 bridgehead atoms. The Bertz CT molecular complexity index is 260. The van der Waals surface area contributed by atoms with Crippen molar-refractivity contribution < 1.29 is 14.9 Å². The summed E-state index contributed by atoms with van der Waals surface area (Å²) >= 11 is 0. The van der Waals surface area contributed by atoms with Crippen LogP contribution >= 0.6 is 0 Å². The van der Waals surface area contributed by atoms with Crippen LogP contribution in [0.5, 0.6) is 5.75 Å². The monoisotopic (exact) mass is 182 g/mol. The molecule has 2 N–H and O–H groups in total. The van der Waals surface area contributed by atoms with Crippen LogP contribution in [0.15, 0.2) is 24.3 Å². The van der Waals surface area contributed by atoms with Gasteiger partial charge in [0.2, 0.25) is 0 Å². The normalized spacial score (nSPS) is 12.8. The number of aliphatic hydroxyl groups is 1. The number of ether oxygens (including phenoxy) is 1. The number of phenols is 1. The van der Waals surface area contributed by atoms with Gasteiger partial charge in [-0.3, -0.25) is 0 Å². The molecule has 0 saturated heterocycles. The highest BCUT2D eigenvalue weighted by Crippen LogP contribution is 2.17. The number of para-hydroxylation sites is 1. The highest BCUT2D eigenvalue weighted by molar-refractivity contribution is 5.31. The molecule has 1 rings (SSSR count). The summed E-state index contributed by atoms with van der Waals surface area (Å²) < 4.78 is 4.95. The smallest absolute Gasteiger partial charge is 0.158 e. The van der Waals surface area contributed by atoms with Gasteiger partial charge in [0.15, 0.2) is 6.29 Å². The van der Waals surface area contributed by atoms with E-state index in [-0.39, 0.29) is 5.75 Å². The quantitative estimate of drug-likeness (QED) is 0.690. The van der Waals surface area contributed by atoms with Crippen LogP contribution in [-0.4, -0.2) is 23.1 Å². The fourth-order valence-corrected chi connectivity index (χ4v) is 1.12. The van der Waals surface area contributed by atoms with Crippen LogP contribution in [0.4, 0.5) is 0 Å². The lowest BCUT2D eigenvalue weighted by molar-refractivity contribution is -0.0929. The molecule has 0 aliphatic rings. The summed E-state index contributed by atoms with van der Waals surface area (Å²) in [5.41, 5.74) is 0.698. The maximum atomic E-state index is 9.36. The highest BCUT2D eigenvalue weighted by Gasteiger charge is 2.07. The van der Waals surface area contributed by atoms with E-state index >= 15 is 0 Å². The number of benzene rings is 1. The predicted octanol–water partition coefficient (Wildman–Crippen LogP) is 1.29. The molecule has 3 nitrogen and oxygen atoms in total. The zero-order chi connectivity index (χ0) is 9.68. The second-order valence-electron chi connectivity index (χ2n) is 2.74. The molecule has 0 radical (unpaired) electrons. The molecule has 0 aromatic heterocycles. The van der Waals surface area contributed by atoms with Gasteiger partial charge in [-0.15, -0.1) is 0 Å². The Balaban J connectivity index is 2.58. The highest BCUT2D eigenvalue weighted by atomic mass is 16.6. The lowest BCUT2D eigenvalue weighted by Gasteiger charge is -2.10. The lowest BCUT2D eigenvalue weighted by Crippen LogP contribution is -2.14. The third kappa shape index (κ3) is 3.05. The average molecular weight is 182 g/mol. The minimum absolute atomic E-state index is 0.196. The molecule has 0 fully saturated rings. The van der Waals surface area contributed by atoms with Crippen LogP contribution in [0, 0.1) is 0 Å². The Morgan fingerprint density at radius 2 is 2.08 bits per heavy atom. The molecule has 13 heavy (non-hydrogen) atoms. The van der Waals surface area contributed by atoms with Crippen LogP contribution in [-0.2, 0) is 11.2 Å². The maximum Gasteiger partial charge on any atom is 0.158 e. The topological polar surface area (TPSA) is 49.7 Å². The van der Waals surface area contributed by atoms with Gasteiger partial charge in [0.05, 0.1) is 0 Å². The maximum absolute atomic E-state index is 9.36. The van der Waals surface area contributed by atoms with Crippen molar-refractivity contribution in [2.45, 2.75) is 19.6 Å². The van der Waals surface area contributed by atoms with E-state index in [1.165, 1.54) is 0 Å². The summed E-state index contributed by atoms with van der Waals surface area (Å²) in [5.74, 6) is 0.196. The standard InChI is InChI=1S/C10H14O3/c1-2-13-10(12)7-8-5-3-4-6-9(8)11/h3-6,10-12H,2,7H2,1H3. The van der Waals surface area contributed by atoms with Gasteiger partial charge in [-0.25, -0.2) is 0 Å². The van der Waals surface area contributed by atoms with Crippen LogP contribution in [0.1, 0.15) is 12.5 Å². The molecular formula is C10H14O3. The minimum Gasteiger partial charge on any atom is -0.508 e. The van der Waals surface area contributed by atoms with Gasteiger partial charge in [0.1, 0.15) is 5.75 Å². The van der Waals surface area contributed by atoms with E-state index < -0.39 is 6.29 Å². The van der Waals surface area contributed by atoms with Gasteiger partial charge >= 0.3 is 0 Å². The number of phenolic OH excluding ortho intramolecular Hbond substituents is 1. The Hall–Kier alpha value is -1.06. The zero-order valence-electron chi connectivity index (χ0n) is 7.60. The summed E-state index contributed by atoms with van der Waals surface area (Å²) in [6.07, 6.45) is -0.515. The average Bonchev–Trinajstić information content (AvgIpc) is 2.09. The van der Waals surface area contributed by atoms with E-state index in [0.29, 0.717) is 18.6 Å². The fourth-order valence-electron chi connectivity index (χ4n) is 1.12. The van der Waals surface area contributed by atoms with E-state index in [1.54, 1.807) is 18.2 Å². The molecule has 1 unspecified atom stereocenters. The first-order valence-electron chi connectivity index (χ1n) is 4.30. The molecule has 0 spiro atoms. The summed E-state index contributed by atoms with van der Waals surface area (Å²) in [4.78, 5) is 0. The number of rotatable bonds is 4. The molecule has 1 atom stereocenters. The first-order valence-corrected chi connectivity index (χ1v) is 4.30. The molecular weight excluding hydrogens is 168 g/mol. The van der Waals surface area contributed by atoms with Crippen molar-refractivity contribution in [2.24, 2.45) is 0 Å². The van der Waals surface area contributed by atoms with Gasteiger partial charge in [0.25, 0.3) is 0 Å². The second kappa shape index (κ2) is 4.84. The van der Waals surface area contributed by atoms with E-state index in [0.717, 1.165) is 0 Å². The molecule has 0 aliphatic carbocycles. The molecule has 0 amide bonds. The Morgan fingerprint density at radius 1 is 1.38 bits per heavy atom. The molecule has 1 aromatic rings. The third-order valence-electron chi connectivity index (χ3n) is 1.75. The summed E-state index contributed by atoms with van der Waals surface area (Å²) in [6, 6.07) is 6.91. The van der Waals surface area contributed by atoms with Gasteiger partial charge < -0.3 is 14.9 Å². The third-order valence-corrected chi connectivity index (χ3v) is 1.75. The van der Waals surface area contributed by atoms with Gasteiger partial charge in [-0.2, -0.15) is 0 Å². The van der Waals surface area contributed by atoms with Crippen molar-refractivity contribution in [3.05, 3.63) is 29.8 Å². The zero-order valence-corrected chi connectivity index (χ0v) is 7.60. The van der Waals surface area contributed by atoms with Crippen molar-refractivity contribution >= 4 is 0 Å². The minimum atomic E-state index is -0.835. The largest absolute Gasteiger partial charge is 0.508 e. The van der Waals surface area contributed by atoms with Crippen LogP contribution in [0.3, 0.4) is 0 Å². The van der Waals surface area contributed by atoms with Gasteiger partial charge in [-0.1, -0.05) is 18.2 Å². The molecule has 72 valence electrons. The number of aliphatic hydroxyl groups excluding tert-OH is 1. The number of aromatic hydroxyl groups is 1. The van der Waals surface area contributed by atoms with Crippen LogP contribution in [0.2, 0.25) is 0 Å². The number of hydrogen-bond acceptors (Lipinski definition) is 3. The van der Waals surface area contributed by atoms with E-state index in [2.05, 4.69) is 0 Å². The van der Waals surface area contributed by atoms with E-state index in [1.807, 2.05) is 13.0 Å². The second-order valence-corrected chi connectivity index (χ2v) is 2.74. The SMILES string of the molecule is CCOC(O)Cc1ccccc1O. The predicted molar refractivity (Wildman–Crippen MR) is 49.4 cm³/mol. The summed E-state index contributed by atoms with van der Waals surface area (Å²) in [5, 5.41) is 18.7. The van der Waals surface area contributed by atoms with Crippen molar-refractivity contribution in [1.82, 2.24) is 0 Å². The lowest BCUT2D eigenvalue weighted by atomic mass is 10.1.